The normalized spacial score (nSPS) is 29.9. The molecule has 0 aromatic heterocycles. The summed E-state index contributed by atoms with van der Waals surface area (Å²) in [6.45, 7) is 2.76. The Balaban J connectivity index is 1.49. The highest BCUT2D eigenvalue weighted by Crippen LogP contribution is 2.37. The maximum absolute atomic E-state index is 12.9. The second-order valence-corrected chi connectivity index (χ2v) is 7.45. The van der Waals surface area contributed by atoms with E-state index in [0.29, 0.717) is 6.42 Å². The summed E-state index contributed by atoms with van der Waals surface area (Å²) >= 11 is 0. The number of benzene rings is 1. The van der Waals surface area contributed by atoms with Crippen LogP contribution in [0.4, 0.5) is 13.2 Å². The third-order valence-electron chi connectivity index (χ3n) is 5.55. The highest BCUT2D eigenvalue weighted by molar-refractivity contribution is 5.57. The lowest BCUT2D eigenvalue weighted by atomic mass is 9.82. The van der Waals surface area contributed by atoms with Gasteiger partial charge in [-0.1, -0.05) is 48.6 Å². The number of halogens is 3. The van der Waals surface area contributed by atoms with E-state index in [-0.39, 0.29) is 18.4 Å². The molecule has 1 N–H and O–H groups in total. The van der Waals surface area contributed by atoms with Crippen molar-refractivity contribution < 1.29 is 14.5 Å². The standard InChI is InChI=1S/C22H28F3N/c1-16(20-13-5-10-18-9-2-3-12-21(18)20)26-14-6-8-17-7-4-11-19(15-17)22(23,24)25/h2-5,9-12,16-17,19-20,26H,6-8,13-15H2,1H3/t16-,17?,19?,20?/m1/s1/i20D. The summed E-state index contributed by atoms with van der Waals surface area (Å²) in [5, 5.41) is 3.45. The number of rotatable bonds is 6. The van der Waals surface area contributed by atoms with Crippen LogP contribution in [-0.4, -0.2) is 18.8 Å². The van der Waals surface area contributed by atoms with E-state index in [2.05, 4.69) is 17.5 Å². The zero-order valence-electron chi connectivity index (χ0n) is 16.2. The Kier molecular flexibility index (Phi) is 5.78. The fraction of sp³-hybridized carbons (Fsp3) is 0.545. The Labute approximate surface area is 155 Å². The molecule has 1 aromatic rings. The van der Waals surface area contributed by atoms with E-state index in [1.807, 2.05) is 31.2 Å². The molecule has 0 saturated carbocycles. The lowest BCUT2D eigenvalue weighted by Crippen LogP contribution is -2.34. The molecule has 142 valence electrons. The summed E-state index contributed by atoms with van der Waals surface area (Å²) in [5.74, 6) is -1.90. The quantitative estimate of drug-likeness (QED) is 0.476. The van der Waals surface area contributed by atoms with Gasteiger partial charge in [0.05, 0.1) is 5.92 Å². The van der Waals surface area contributed by atoms with Crippen LogP contribution in [-0.2, 0) is 0 Å². The summed E-state index contributed by atoms with van der Waals surface area (Å²) in [4.78, 5) is 0. The molecular formula is C22H28F3N. The average Bonchev–Trinajstić information content (AvgIpc) is 2.65. The maximum atomic E-state index is 12.9. The van der Waals surface area contributed by atoms with Gasteiger partial charge in [0.2, 0.25) is 0 Å². The van der Waals surface area contributed by atoms with E-state index in [0.717, 1.165) is 36.9 Å². The second kappa shape index (κ2) is 8.43. The predicted molar refractivity (Wildman–Crippen MR) is 101 cm³/mol. The van der Waals surface area contributed by atoms with Gasteiger partial charge in [-0.3, -0.25) is 0 Å². The Hall–Kier alpha value is -1.55. The van der Waals surface area contributed by atoms with Gasteiger partial charge >= 0.3 is 6.18 Å². The van der Waals surface area contributed by atoms with Crippen LogP contribution in [0.1, 0.15) is 57.4 Å². The van der Waals surface area contributed by atoms with Crippen molar-refractivity contribution in [2.24, 2.45) is 11.8 Å². The largest absolute Gasteiger partial charge is 0.395 e. The molecule has 0 spiro atoms. The van der Waals surface area contributed by atoms with Crippen molar-refractivity contribution in [3.05, 3.63) is 53.6 Å². The Morgan fingerprint density at radius 2 is 2.04 bits per heavy atom. The number of allylic oxidation sites excluding steroid dienone is 3. The van der Waals surface area contributed by atoms with E-state index >= 15 is 0 Å². The zero-order valence-corrected chi connectivity index (χ0v) is 15.2. The van der Waals surface area contributed by atoms with Crippen molar-refractivity contribution in [3.63, 3.8) is 0 Å². The van der Waals surface area contributed by atoms with Crippen LogP contribution >= 0.6 is 0 Å². The zero-order chi connectivity index (χ0) is 19.5. The lowest BCUT2D eigenvalue weighted by molar-refractivity contribution is -0.166. The first-order valence-electron chi connectivity index (χ1n) is 10.0. The van der Waals surface area contributed by atoms with Crippen LogP contribution in [0, 0.1) is 11.8 Å². The molecule has 4 atom stereocenters. The molecule has 0 aliphatic heterocycles. The molecular weight excluding hydrogens is 335 g/mol. The molecule has 1 nitrogen and oxygen atoms in total. The molecule has 26 heavy (non-hydrogen) atoms. The molecule has 2 aliphatic carbocycles. The van der Waals surface area contributed by atoms with Crippen molar-refractivity contribution in [1.29, 1.82) is 0 Å². The third-order valence-corrected chi connectivity index (χ3v) is 5.55. The molecule has 3 unspecified atom stereocenters. The van der Waals surface area contributed by atoms with Gasteiger partial charge in [-0.25, -0.2) is 0 Å². The van der Waals surface area contributed by atoms with Gasteiger partial charge in [0.1, 0.15) is 0 Å². The summed E-state index contributed by atoms with van der Waals surface area (Å²) in [5.41, 5.74) is 2.14. The summed E-state index contributed by atoms with van der Waals surface area (Å²) < 4.78 is 47.7. The number of fused-ring (bicyclic) bond motifs is 1. The fourth-order valence-corrected chi connectivity index (χ4v) is 4.05. The maximum Gasteiger partial charge on any atom is 0.395 e. The highest BCUT2D eigenvalue weighted by Gasteiger charge is 2.39. The van der Waals surface area contributed by atoms with Crippen molar-refractivity contribution in [3.8, 4) is 0 Å². The number of nitrogens with one attached hydrogen (secondary N) is 1. The van der Waals surface area contributed by atoms with Crippen molar-refractivity contribution in [2.45, 2.75) is 57.1 Å². The third kappa shape index (κ3) is 4.79. The van der Waals surface area contributed by atoms with Gasteiger partial charge in [0.15, 0.2) is 0 Å². The molecule has 0 radical (unpaired) electrons. The number of hydrogen-bond acceptors (Lipinski definition) is 1. The molecule has 0 bridgehead atoms. The fourth-order valence-electron chi connectivity index (χ4n) is 4.05. The van der Waals surface area contributed by atoms with Gasteiger partial charge in [0.25, 0.3) is 0 Å². The molecule has 0 amide bonds. The summed E-state index contributed by atoms with van der Waals surface area (Å²) in [6.07, 6.45) is 6.24. The topological polar surface area (TPSA) is 12.0 Å². The average molecular weight is 364 g/mol. The van der Waals surface area contributed by atoms with Crippen LogP contribution in [0.2, 0.25) is 0 Å². The number of hydrogen-bond donors (Lipinski definition) is 1. The van der Waals surface area contributed by atoms with Gasteiger partial charge in [-0.2, -0.15) is 13.2 Å². The number of alkyl halides is 3. The van der Waals surface area contributed by atoms with Gasteiger partial charge in [-0.15, -0.1) is 0 Å². The van der Waals surface area contributed by atoms with Crippen LogP contribution in [0.5, 0.6) is 0 Å². The lowest BCUT2D eigenvalue weighted by Gasteiger charge is -2.29. The van der Waals surface area contributed by atoms with E-state index in [1.165, 1.54) is 6.08 Å². The first-order valence-corrected chi connectivity index (χ1v) is 9.53. The smallest absolute Gasteiger partial charge is 0.314 e. The van der Waals surface area contributed by atoms with Gasteiger partial charge in [0, 0.05) is 13.3 Å². The Morgan fingerprint density at radius 1 is 1.23 bits per heavy atom. The molecule has 0 fully saturated rings. The molecule has 0 saturated heterocycles. The molecule has 3 rings (SSSR count). The molecule has 4 heteroatoms. The minimum Gasteiger partial charge on any atom is -0.314 e. The minimum atomic E-state index is -4.12. The first-order chi connectivity index (χ1) is 12.8. The van der Waals surface area contributed by atoms with Crippen LogP contribution in [0.3, 0.4) is 0 Å². The van der Waals surface area contributed by atoms with Gasteiger partial charge in [-0.05, 0) is 62.6 Å². The van der Waals surface area contributed by atoms with E-state index in [1.54, 1.807) is 6.08 Å². The van der Waals surface area contributed by atoms with E-state index in [4.69, 9.17) is 1.37 Å². The molecule has 0 heterocycles. The molecule has 1 aromatic carbocycles. The Morgan fingerprint density at radius 3 is 2.85 bits per heavy atom. The first kappa shape index (κ1) is 17.8. The SMILES string of the molecule is [2H]C1([C@@H](C)NCCCC2CC=CC(C(F)(F)F)C2)CC=Cc2ccccc21. The van der Waals surface area contributed by atoms with Crippen LogP contribution < -0.4 is 5.32 Å². The summed E-state index contributed by atoms with van der Waals surface area (Å²) in [6, 6.07) is 7.99. The monoisotopic (exact) mass is 364 g/mol. The molecule has 2 aliphatic rings. The van der Waals surface area contributed by atoms with Crippen LogP contribution in [0.15, 0.2) is 42.5 Å². The Bertz CT molecular complexity index is 697. The van der Waals surface area contributed by atoms with Crippen LogP contribution in [0.25, 0.3) is 6.08 Å². The van der Waals surface area contributed by atoms with E-state index < -0.39 is 18.0 Å². The predicted octanol–water partition coefficient (Wildman–Crippen LogP) is 6.09. The van der Waals surface area contributed by atoms with Crippen molar-refractivity contribution in [1.82, 2.24) is 5.32 Å². The van der Waals surface area contributed by atoms with E-state index in [9.17, 15) is 13.2 Å². The minimum absolute atomic E-state index is 0.0298. The van der Waals surface area contributed by atoms with Crippen molar-refractivity contribution in [2.75, 3.05) is 6.54 Å². The van der Waals surface area contributed by atoms with Crippen molar-refractivity contribution >= 4 is 6.08 Å². The summed E-state index contributed by atoms with van der Waals surface area (Å²) in [7, 11) is 0. The highest BCUT2D eigenvalue weighted by atomic mass is 19.4. The van der Waals surface area contributed by atoms with Gasteiger partial charge < -0.3 is 5.32 Å². The second-order valence-electron chi connectivity index (χ2n) is 7.45.